The molecule has 0 saturated carbocycles. The molecule has 0 aromatic heterocycles. The van der Waals surface area contributed by atoms with Crippen LogP contribution in [0.25, 0.3) is 0 Å². The second-order valence-corrected chi connectivity index (χ2v) is 5.68. The first kappa shape index (κ1) is 15.8. The van der Waals surface area contributed by atoms with Crippen molar-refractivity contribution >= 4 is 18.3 Å². The van der Waals surface area contributed by atoms with E-state index in [1.54, 1.807) is 0 Å². The van der Waals surface area contributed by atoms with Gasteiger partial charge in [0.1, 0.15) is 0 Å². The van der Waals surface area contributed by atoms with E-state index >= 15 is 0 Å². The SMILES string of the molecule is CC1CCCCCN1C(=O)CCC1CCNC1.Cl. The third kappa shape index (κ3) is 4.43. The lowest BCUT2D eigenvalue weighted by atomic mass is 10.0. The van der Waals surface area contributed by atoms with Crippen LogP contribution < -0.4 is 5.32 Å². The summed E-state index contributed by atoms with van der Waals surface area (Å²) in [5, 5.41) is 3.37. The molecule has 2 aliphatic heterocycles. The number of carbonyl (C=O) groups excluding carboxylic acids is 1. The zero-order chi connectivity index (χ0) is 12.1. The molecule has 2 atom stereocenters. The highest BCUT2D eigenvalue weighted by atomic mass is 35.5. The standard InChI is InChI=1S/C14H26N2O.ClH/c1-12-5-3-2-4-10-16(12)14(17)7-6-13-8-9-15-11-13;/h12-13,15H,2-11H2,1H3;1H. The van der Waals surface area contributed by atoms with Crippen LogP contribution in [0, 0.1) is 5.92 Å². The topological polar surface area (TPSA) is 32.3 Å². The smallest absolute Gasteiger partial charge is 0.222 e. The van der Waals surface area contributed by atoms with Crippen LogP contribution in [-0.4, -0.2) is 36.5 Å². The van der Waals surface area contributed by atoms with Crippen molar-refractivity contribution in [3.8, 4) is 0 Å². The summed E-state index contributed by atoms with van der Waals surface area (Å²) in [4.78, 5) is 14.4. The molecular formula is C14H27ClN2O. The highest BCUT2D eigenvalue weighted by molar-refractivity contribution is 5.85. The van der Waals surface area contributed by atoms with Gasteiger partial charge in [-0.05, 0) is 51.6 Å². The molecular weight excluding hydrogens is 248 g/mol. The molecule has 2 rings (SSSR count). The molecule has 0 bridgehead atoms. The van der Waals surface area contributed by atoms with Crippen molar-refractivity contribution in [2.75, 3.05) is 19.6 Å². The van der Waals surface area contributed by atoms with Crippen LogP contribution in [0.3, 0.4) is 0 Å². The Morgan fingerprint density at radius 2 is 2.11 bits per heavy atom. The van der Waals surface area contributed by atoms with Gasteiger partial charge < -0.3 is 10.2 Å². The maximum absolute atomic E-state index is 12.2. The van der Waals surface area contributed by atoms with Gasteiger partial charge in [0.15, 0.2) is 0 Å². The number of carbonyl (C=O) groups is 1. The number of amides is 1. The van der Waals surface area contributed by atoms with Crippen LogP contribution in [0.5, 0.6) is 0 Å². The van der Waals surface area contributed by atoms with Crippen LogP contribution >= 0.6 is 12.4 Å². The molecule has 2 heterocycles. The van der Waals surface area contributed by atoms with Gasteiger partial charge in [-0.3, -0.25) is 4.79 Å². The fraction of sp³-hybridized carbons (Fsp3) is 0.929. The van der Waals surface area contributed by atoms with Crippen molar-refractivity contribution in [2.24, 2.45) is 5.92 Å². The highest BCUT2D eigenvalue weighted by Gasteiger charge is 2.23. The lowest BCUT2D eigenvalue weighted by Crippen LogP contribution is -2.38. The second-order valence-electron chi connectivity index (χ2n) is 5.68. The summed E-state index contributed by atoms with van der Waals surface area (Å²) in [6, 6.07) is 0.465. The van der Waals surface area contributed by atoms with Crippen molar-refractivity contribution in [3.05, 3.63) is 0 Å². The van der Waals surface area contributed by atoms with Gasteiger partial charge in [-0.15, -0.1) is 12.4 Å². The molecule has 2 saturated heterocycles. The Kier molecular flexibility index (Phi) is 7.02. The number of likely N-dealkylation sites (tertiary alicyclic amines) is 1. The van der Waals surface area contributed by atoms with Crippen LogP contribution in [0.2, 0.25) is 0 Å². The molecule has 1 amide bonds. The molecule has 0 aromatic rings. The van der Waals surface area contributed by atoms with Crippen LogP contribution in [0.15, 0.2) is 0 Å². The Bertz CT molecular complexity index is 254. The minimum Gasteiger partial charge on any atom is -0.340 e. The Morgan fingerprint density at radius 3 is 2.83 bits per heavy atom. The van der Waals surface area contributed by atoms with E-state index in [0.29, 0.717) is 11.9 Å². The molecule has 0 aliphatic carbocycles. The monoisotopic (exact) mass is 274 g/mol. The van der Waals surface area contributed by atoms with E-state index in [4.69, 9.17) is 0 Å². The van der Waals surface area contributed by atoms with Gasteiger partial charge in [0.05, 0.1) is 0 Å². The number of halogens is 1. The maximum atomic E-state index is 12.2. The second kappa shape index (κ2) is 8.00. The molecule has 4 heteroatoms. The number of rotatable bonds is 3. The van der Waals surface area contributed by atoms with Crippen molar-refractivity contribution in [3.63, 3.8) is 0 Å². The minimum atomic E-state index is 0. The zero-order valence-corrected chi connectivity index (χ0v) is 12.3. The third-order valence-electron chi connectivity index (χ3n) is 4.30. The lowest BCUT2D eigenvalue weighted by Gasteiger charge is -2.27. The van der Waals surface area contributed by atoms with Gasteiger partial charge in [-0.1, -0.05) is 12.8 Å². The lowest BCUT2D eigenvalue weighted by molar-refractivity contribution is -0.133. The van der Waals surface area contributed by atoms with Gasteiger partial charge in [0.25, 0.3) is 0 Å². The normalized spacial score (nSPS) is 28.6. The largest absolute Gasteiger partial charge is 0.340 e. The fourth-order valence-electron chi connectivity index (χ4n) is 3.08. The van der Waals surface area contributed by atoms with Gasteiger partial charge in [0, 0.05) is 19.0 Å². The van der Waals surface area contributed by atoms with E-state index in [-0.39, 0.29) is 12.4 Å². The number of hydrogen-bond donors (Lipinski definition) is 1. The fourth-order valence-corrected chi connectivity index (χ4v) is 3.08. The highest BCUT2D eigenvalue weighted by Crippen LogP contribution is 2.20. The Balaban J connectivity index is 0.00000162. The average molecular weight is 275 g/mol. The first-order valence-corrected chi connectivity index (χ1v) is 7.27. The van der Waals surface area contributed by atoms with Crippen LogP contribution in [-0.2, 0) is 4.79 Å². The molecule has 18 heavy (non-hydrogen) atoms. The van der Waals surface area contributed by atoms with Gasteiger partial charge in [-0.25, -0.2) is 0 Å². The Hall–Kier alpha value is -0.280. The molecule has 2 fully saturated rings. The molecule has 2 unspecified atom stereocenters. The summed E-state index contributed by atoms with van der Waals surface area (Å²) in [6.07, 6.45) is 8.06. The van der Waals surface area contributed by atoms with Gasteiger partial charge in [-0.2, -0.15) is 0 Å². The van der Waals surface area contributed by atoms with Gasteiger partial charge >= 0.3 is 0 Å². The summed E-state index contributed by atoms with van der Waals surface area (Å²) in [5.74, 6) is 1.13. The van der Waals surface area contributed by atoms with E-state index in [9.17, 15) is 4.79 Å². The molecule has 0 aromatic carbocycles. The predicted octanol–water partition coefficient (Wildman–Crippen LogP) is 2.59. The first-order valence-electron chi connectivity index (χ1n) is 7.27. The Labute approximate surface area is 117 Å². The van der Waals surface area contributed by atoms with E-state index in [1.807, 2.05) is 0 Å². The van der Waals surface area contributed by atoms with E-state index < -0.39 is 0 Å². The summed E-state index contributed by atoms with van der Waals surface area (Å²) < 4.78 is 0. The number of hydrogen-bond acceptors (Lipinski definition) is 2. The average Bonchev–Trinajstić information content (AvgIpc) is 2.75. The van der Waals surface area contributed by atoms with E-state index in [2.05, 4.69) is 17.1 Å². The zero-order valence-electron chi connectivity index (χ0n) is 11.5. The third-order valence-corrected chi connectivity index (χ3v) is 4.30. The summed E-state index contributed by atoms with van der Waals surface area (Å²) >= 11 is 0. The molecule has 3 nitrogen and oxygen atoms in total. The van der Waals surface area contributed by atoms with Gasteiger partial charge in [0.2, 0.25) is 5.91 Å². The quantitative estimate of drug-likeness (QED) is 0.858. The maximum Gasteiger partial charge on any atom is 0.222 e. The van der Waals surface area contributed by atoms with Crippen LogP contribution in [0.4, 0.5) is 0 Å². The summed E-state index contributed by atoms with van der Waals surface area (Å²) in [5.41, 5.74) is 0. The Morgan fingerprint density at radius 1 is 1.28 bits per heavy atom. The molecule has 2 aliphatic rings. The van der Waals surface area contributed by atoms with Crippen molar-refractivity contribution in [1.29, 1.82) is 0 Å². The van der Waals surface area contributed by atoms with Crippen molar-refractivity contribution < 1.29 is 4.79 Å². The molecule has 106 valence electrons. The first-order chi connectivity index (χ1) is 8.27. The van der Waals surface area contributed by atoms with Crippen molar-refractivity contribution in [2.45, 2.75) is 57.9 Å². The molecule has 0 radical (unpaired) electrons. The van der Waals surface area contributed by atoms with E-state index in [0.717, 1.165) is 38.4 Å². The predicted molar refractivity (Wildman–Crippen MR) is 77.1 cm³/mol. The summed E-state index contributed by atoms with van der Waals surface area (Å²) in [7, 11) is 0. The molecule has 1 N–H and O–H groups in total. The van der Waals surface area contributed by atoms with E-state index in [1.165, 1.54) is 32.1 Å². The van der Waals surface area contributed by atoms with Crippen molar-refractivity contribution in [1.82, 2.24) is 10.2 Å². The minimum absolute atomic E-state index is 0. The summed E-state index contributed by atoms with van der Waals surface area (Å²) in [6.45, 7) is 5.45. The molecule has 0 spiro atoms. The number of nitrogens with one attached hydrogen (secondary N) is 1. The number of nitrogens with zero attached hydrogens (tertiary/aromatic N) is 1. The van der Waals surface area contributed by atoms with Crippen LogP contribution in [0.1, 0.15) is 51.9 Å².